The minimum absolute atomic E-state index is 0.966. The molecule has 14 heavy (non-hydrogen) atoms. The predicted molar refractivity (Wildman–Crippen MR) is 61.6 cm³/mol. The Morgan fingerprint density at radius 2 is 1.86 bits per heavy atom. The van der Waals surface area contributed by atoms with Crippen molar-refractivity contribution in [2.75, 3.05) is 46.8 Å². The lowest BCUT2D eigenvalue weighted by molar-refractivity contribution is 0.212. The first kappa shape index (κ1) is 12.0. The molecule has 3 nitrogen and oxygen atoms in total. The van der Waals surface area contributed by atoms with Crippen molar-refractivity contribution in [3.8, 4) is 0 Å². The fraction of sp³-hybridized carbons (Fsp3) is 1.00. The molecule has 0 aromatic carbocycles. The molecule has 0 aromatic heterocycles. The molecule has 0 radical (unpaired) electrons. The number of hydrogen-bond acceptors (Lipinski definition) is 3. The van der Waals surface area contributed by atoms with Crippen LogP contribution in [0.15, 0.2) is 0 Å². The summed E-state index contributed by atoms with van der Waals surface area (Å²) in [6, 6.07) is 0. The molecule has 2 N–H and O–H groups in total. The van der Waals surface area contributed by atoms with Gasteiger partial charge in [-0.2, -0.15) is 0 Å². The van der Waals surface area contributed by atoms with Crippen molar-refractivity contribution in [2.45, 2.75) is 19.3 Å². The van der Waals surface area contributed by atoms with E-state index in [0.29, 0.717) is 0 Å². The van der Waals surface area contributed by atoms with E-state index in [-0.39, 0.29) is 0 Å². The summed E-state index contributed by atoms with van der Waals surface area (Å²) in [6.07, 6.45) is 4.14. The Bertz CT molecular complexity index is 130. The summed E-state index contributed by atoms with van der Waals surface area (Å²) in [5.41, 5.74) is 0. The van der Waals surface area contributed by atoms with E-state index in [1.807, 2.05) is 7.05 Å². The van der Waals surface area contributed by atoms with Gasteiger partial charge in [0.15, 0.2) is 0 Å². The van der Waals surface area contributed by atoms with E-state index in [2.05, 4.69) is 22.6 Å². The fourth-order valence-corrected chi connectivity index (χ4v) is 2.00. The fourth-order valence-electron chi connectivity index (χ4n) is 2.00. The van der Waals surface area contributed by atoms with Gasteiger partial charge in [0.25, 0.3) is 0 Å². The van der Waals surface area contributed by atoms with Gasteiger partial charge in [-0.1, -0.05) is 0 Å². The second kappa shape index (κ2) is 7.21. The van der Waals surface area contributed by atoms with Crippen LogP contribution in [-0.2, 0) is 0 Å². The lowest BCUT2D eigenvalue weighted by Crippen LogP contribution is -2.32. The highest BCUT2D eigenvalue weighted by Crippen LogP contribution is 2.18. The Morgan fingerprint density at radius 3 is 2.50 bits per heavy atom. The molecule has 0 aromatic rings. The van der Waals surface area contributed by atoms with Crippen LogP contribution < -0.4 is 10.6 Å². The average molecular weight is 199 g/mol. The third-order valence-electron chi connectivity index (χ3n) is 3.12. The van der Waals surface area contributed by atoms with E-state index >= 15 is 0 Å². The highest BCUT2D eigenvalue weighted by atomic mass is 15.1. The first-order chi connectivity index (χ1) is 6.83. The van der Waals surface area contributed by atoms with E-state index in [4.69, 9.17) is 0 Å². The number of nitrogens with zero attached hydrogens (tertiary/aromatic N) is 1. The molecule has 0 unspecified atom stereocenters. The van der Waals surface area contributed by atoms with Crippen LogP contribution in [0.4, 0.5) is 0 Å². The minimum atomic E-state index is 0.966. The van der Waals surface area contributed by atoms with E-state index in [1.165, 1.54) is 38.9 Å². The standard InChI is InChI=1S/C11H25N3/c1-12-7-8-13-6-3-11-4-9-14(2)10-5-11/h11-13H,3-10H2,1-2H3. The van der Waals surface area contributed by atoms with Crippen molar-refractivity contribution in [1.82, 2.24) is 15.5 Å². The van der Waals surface area contributed by atoms with Crippen molar-refractivity contribution in [3.63, 3.8) is 0 Å². The van der Waals surface area contributed by atoms with Crippen LogP contribution in [-0.4, -0.2) is 51.7 Å². The third-order valence-corrected chi connectivity index (χ3v) is 3.12. The number of nitrogens with one attached hydrogen (secondary N) is 2. The molecule has 3 heteroatoms. The zero-order valence-electron chi connectivity index (χ0n) is 9.68. The Hall–Kier alpha value is -0.120. The number of rotatable bonds is 6. The molecule has 0 aliphatic carbocycles. The summed E-state index contributed by atoms with van der Waals surface area (Å²) in [5, 5.41) is 6.61. The van der Waals surface area contributed by atoms with Crippen molar-refractivity contribution >= 4 is 0 Å². The van der Waals surface area contributed by atoms with Crippen LogP contribution in [0.5, 0.6) is 0 Å². The van der Waals surface area contributed by atoms with E-state index in [9.17, 15) is 0 Å². The van der Waals surface area contributed by atoms with Gasteiger partial charge >= 0.3 is 0 Å². The Morgan fingerprint density at radius 1 is 1.14 bits per heavy atom. The molecule has 0 saturated carbocycles. The van der Waals surface area contributed by atoms with Gasteiger partial charge in [-0.25, -0.2) is 0 Å². The van der Waals surface area contributed by atoms with Crippen LogP contribution in [0.2, 0.25) is 0 Å². The second-order valence-corrected chi connectivity index (χ2v) is 4.39. The highest BCUT2D eigenvalue weighted by molar-refractivity contribution is 4.70. The Labute approximate surface area is 88.2 Å². The highest BCUT2D eigenvalue weighted by Gasteiger charge is 2.15. The van der Waals surface area contributed by atoms with Crippen molar-refractivity contribution < 1.29 is 0 Å². The smallest absolute Gasteiger partial charge is 0.00766 e. The van der Waals surface area contributed by atoms with Gasteiger partial charge in [-0.15, -0.1) is 0 Å². The van der Waals surface area contributed by atoms with Gasteiger partial charge in [0.05, 0.1) is 0 Å². The summed E-state index contributed by atoms with van der Waals surface area (Å²) in [4.78, 5) is 2.44. The summed E-state index contributed by atoms with van der Waals surface area (Å²) < 4.78 is 0. The zero-order valence-corrected chi connectivity index (χ0v) is 9.68. The van der Waals surface area contributed by atoms with Crippen LogP contribution in [0.1, 0.15) is 19.3 Å². The molecule has 0 amide bonds. The lowest BCUT2D eigenvalue weighted by atomic mass is 9.94. The van der Waals surface area contributed by atoms with E-state index < -0.39 is 0 Å². The van der Waals surface area contributed by atoms with Crippen molar-refractivity contribution in [3.05, 3.63) is 0 Å². The summed E-state index contributed by atoms with van der Waals surface area (Å²) in [6.45, 7) is 5.95. The number of hydrogen-bond donors (Lipinski definition) is 2. The van der Waals surface area contributed by atoms with Gasteiger partial charge in [0.2, 0.25) is 0 Å². The van der Waals surface area contributed by atoms with Gasteiger partial charge in [-0.05, 0) is 58.9 Å². The summed E-state index contributed by atoms with van der Waals surface area (Å²) >= 11 is 0. The number of likely N-dealkylation sites (N-methyl/N-ethyl adjacent to an activating group) is 1. The van der Waals surface area contributed by atoms with Gasteiger partial charge in [0.1, 0.15) is 0 Å². The first-order valence-electron chi connectivity index (χ1n) is 5.87. The molecule has 0 atom stereocenters. The Kier molecular flexibility index (Phi) is 6.15. The number of piperidine rings is 1. The van der Waals surface area contributed by atoms with Crippen molar-refractivity contribution in [1.29, 1.82) is 0 Å². The van der Waals surface area contributed by atoms with Crippen LogP contribution in [0.3, 0.4) is 0 Å². The second-order valence-electron chi connectivity index (χ2n) is 4.39. The quantitative estimate of drug-likeness (QED) is 0.611. The van der Waals surface area contributed by atoms with E-state index in [0.717, 1.165) is 19.0 Å². The van der Waals surface area contributed by atoms with Crippen LogP contribution >= 0.6 is 0 Å². The molecular weight excluding hydrogens is 174 g/mol. The van der Waals surface area contributed by atoms with Gasteiger partial charge < -0.3 is 15.5 Å². The maximum absolute atomic E-state index is 3.47. The Balaban J connectivity index is 1.91. The topological polar surface area (TPSA) is 27.3 Å². The SMILES string of the molecule is CNCCNCCC1CCN(C)CC1. The molecule has 0 bridgehead atoms. The zero-order chi connectivity index (χ0) is 10.2. The van der Waals surface area contributed by atoms with Crippen molar-refractivity contribution in [2.24, 2.45) is 5.92 Å². The normalized spacial score (nSPS) is 20.1. The third kappa shape index (κ3) is 4.94. The monoisotopic (exact) mass is 199 g/mol. The van der Waals surface area contributed by atoms with E-state index in [1.54, 1.807) is 0 Å². The predicted octanol–water partition coefficient (Wildman–Crippen LogP) is 0.527. The molecule has 1 fully saturated rings. The number of likely N-dealkylation sites (tertiary alicyclic amines) is 1. The first-order valence-corrected chi connectivity index (χ1v) is 5.87. The summed E-state index contributed by atoms with van der Waals surface area (Å²) in [7, 11) is 4.22. The minimum Gasteiger partial charge on any atom is -0.318 e. The van der Waals surface area contributed by atoms with Gasteiger partial charge in [0, 0.05) is 13.1 Å². The largest absolute Gasteiger partial charge is 0.318 e. The lowest BCUT2D eigenvalue weighted by Gasteiger charge is -2.28. The van der Waals surface area contributed by atoms with Crippen LogP contribution in [0, 0.1) is 5.92 Å². The molecular formula is C11H25N3. The average Bonchev–Trinajstić information content (AvgIpc) is 2.21. The summed E-state index contributed by atoms with van der Waals surface area (Å²) in [5.74, 6) is 0.966. The van der Waals surface area contributed by atoms with Crippen LogP contribution in [0.25, 0.3) is 0 Å². The molecule has 1 rings (SSSR count). The maximum atomic E-state index is 3.47. The molecule has 1 saturated heterocycles. The molecule has 1 aliphatic heterocycles. The van der Waals surface area contributed by atoms with Gasteiger partial charge in [-0.3, -0.25) is 0 Å². The molecule has 0 spiro atoms. The maximum Gasteiger partial charge on any atom is 0.00766 e. The molecule has 84 valence electrons. The molecule has 1 aliphatic rings. The molecule has 1 heterocycles.